The van der Waals surface area contributed by atoms with Crippen molar-refractivity contribution in [1.29, 1.82) is 0 Å². The highest BCUT2D eigenvalue weighted by Gasteiger charge is 2.26. The summed E-state index contributed by atoms with van der Waals surface area (Å²) in [7, 11) is 0. The largest absolute Gasteiger partial charge is 0.480 e. The van der Waals surface area contributed by atoms with Crippen LogP contribution in [0.3, 0.4) is 0 Å². The Morgan fingerprint density at radius 2 is 2.04 bits per heavy atom. The molecule has 0 unspecified atom stereocenters. The van der Waals surface area contributed by atoms with Crippen molar-refractivity contribution < 1.29 is 9.90 Å². The van der Waals surface area contributed by atoms with Crippen molar-refractivity contribution in [1.82, 2.24) is 9.88 Å². The number of hydrogen-bond donors (Lipinski definition) is 1. The van der Waals surface area contributed by atoms with E-state index in [4.69, 9.17) is 10.1 Å². The highest BCUT2D eigenvalue weighted by Crippen LogP contribution is 2.29. The van der Waals surface area contributed by atoms with Gasteiger partial charge in [0.15, 0.2) is 5.13 Å². The van der Waals surface area contributed by atoms with Gasteiger partial charge in [0.1, 0.15) is 0 Å². The smallest absolute Gasteiger partial charge is 0.317 e. The number of carboxylic acids is 1. The number of likely N-dealkylation sites (N-methyl/N-ethyl adjacent to an activating group) is 1. The highest BCUT2D eigenvalue weighted by molar-refractivity contribution is 7.14. The van der Waals surface area contributed by atoms with E-state index in [2.05, 4.69) is 27.3 Å². The van der Waals surface area contributed by atoms with E-state index < -0.39 is 5.97 Å². The van der Waals surface area contributed by atoms with Crippen LogP contribution in [-0.4, -0.2) is 53.2 Å². The molecule has 0 radical (unpaired) electrons. The van der Waals surface area contributed by atoms with Gasteiger partial charge in [0, 0.05) is 30.1 Å². The average Bonchev–Trinajstić information content (AvgIpc) is 3.10. The van der Waals surface area contributed by atoms with E-state index in [0.717, 1.165) is 48.9 Å². The van der Waals surface area contributed by atoms with Crippen LogP contribution in [0.5, 0.6) is 0 Å². The summed E-state index contributed by atoms with van der Waals surface area (Å²) in [5.41, 5.74) is 2.17. The lowest BCUT2D eigenvalue weighted by molar-refractivity contribution is -0.139. The van der Waals surface area contributed by atoms with Gasteiger partial charge in [-0.1, -0.05) is 37.3 Å². The summed E-state index contributed by atoms with van der Waals surface area (Å²) in [5, 5.41) is 12.2. The van der Waals surface area contributed by atoms with Crippen molar-refractivity contribution in [2.75, 3.05) is 31.1 Å². The zero-order valence-electron chi connectivity index (χ0n) is 13.9. The molecule has 128 valence electrons. The summed E-state index contributed by atoms with van der Waals surface area (Å²) in [5.74, 6) is -0.744. The number of anilines is 1. The van der Waals surface area contributed by atoms with Gasteiger partial charge in [-0.25, -0.2) is 4.98 Å². The van der Waals surface area contributed by atoms with E-state index in [-0.39, 0.29) is 6.54 Å². The number of piperidine rings is 1. The normalized spacial score (nSPS) is 15.8. The number of carbonyl (C=O) groups is 1. The zero-order chi connectivity index (χ0) is 16.9. The molecule has 6 heteroatoms. The molecule has 1 aromatic heterocycles. The zero-order valence-corrected chi connectivity index (χ0v) is 14.7. The number of nitrogens with zero attached hydrogens (tertiary/aromatic N) is 3. The molecule has 5 nitrogen and oxygen atoms in total. The van der Waals surface area contributed by atoms with Crippen LogP contribution in [0.2, 0.25) is 0 Å². The first-order chi connectivity index (χ1) is 11.7. The van der Waals surface area contributed by atoms with Crippen LogP contribution < -0.4 is 4.90 Å². The fourth-order valence-electron chi connectivity index (χ4n) is 3.25. The van der Waals surface area contributed by atoms with Gasteiger partial charge in [0.05, 0.1) is 12.2 Å². The molecule has 0 aliphatic carbocycles. The Bertz CT molecular complexity index is 666. The highest BCUT2D eigenvalue weighted by atomic mass is 32.1. The van der Waals surface area contributed by atoms with Crippen LogP contribution in [0.4, 0.5) is 5.13 Å². The van der Waals surface area contributed by atoms with Gasteiger partial charge in [-0.15, -0.1) is 11.3 Å². The molecule has 2 aromatic rings. The van der Waals surface area contributed by atoms with Crippen LogP contribution >= 0.6 is 11.3 Å². The standard InChI is InChI=1S/C18H23N3O2S/c1-2-20(12-17(22)23)15-8-10-21(11-9-15)18-19-16(13-24-18)14-6-4-3-5-7-14/h3-7,13,15H,2,8-12H2,1H3,(H,22,23). The third-order valence-corrected chi connectivity index (χ3v) is 5.46. The molecule has 1 aliphatic heterocycles. The lowest BCUT2D eigenvalue weighted by Crippen LogP contribution is -2.46. The number of benzene rings is 1. The fourth-order valence-corrected chi connectivity index (χ4v) is 4.13. The minimum atomic E-state index is -0.744. The molecule has 0 spiro atoms. The van der Waals surface area contributed by atoms with Crippen LogP contribution in [-0.2, 0) is 4.79 Å². The van der Waals surface area contributed by atoms with Gasteiger partial charge < -0.3 is 10.0 Å². The minimum Gasteiger partial charge on any atom is -0.480 e. The molecule has 2 heterocycles. The molecule has 0 saturated carbocycles. The predicted molar refractivity (Wildman–Crippen MR) is 97.7 cm³/mol. The van der Waals surface area contributed by atoms with E-state index in [0.29, 0.717) is 6.04 Å². The topological polar surface area (TPSA) is 56.7 Å². The first-order valence-corrected chi connectivity index (χ1v) is 9.27. The Labute approximate surface area is 146 Å². The lowest BCUT2D eigenvalue weighted by atomic mass is 10.0. The summed E-state index contributed by atoms with van der Waals surface area (Å²) >= 11 is 1.68. The van der Waals surface area contributed by atoms with Gasteiger partial charge >= 0.3 is 5.97 Å². The number of aromatic nitrogens is 1. The summed E-state index contributed by atoms with van der Waals surface area (Å²) in [6.07, 6.45) is 1.97. The van der Waals surface area contributed by atoms with Crippen molar-refractivity contribution in [2.45, 2.75) is 25.8 Å². The van der Waals surface area contributed by atoms with Crippen LogP contribution in [0, 0.1) is 0 Å². The third kappa shape index (κ3) is 3.94. The van der Waals surface area contributed by atoms with Gasteiger partial charge in [-0.2, -0.15) is 0 Å². The van der Waals surface area contributed by atoms with Crippen LogP contribution in [0.1, 0.15) is 19.8 Å². The molecule has 1 aliphatic rings. The Morgan fingerprint density at radius 1 is 1.33 bits per heavy atom. The van der Waals surface area contributed by atoms with E-state index >= 15 is 0 Å². The predicted octanol–water partition coefficient (Wildman–Crippen LogP) is 3.19. The third-order valence-electron chi connectivity index (χ3n) is 4.56. The van der Waals surface area contributed by atoms with Crippen molar-refractivity contribution in [3.05, 3.63) is 35.7 Å². The second kappa shape index (κ2) is 7.77. The van der Waals surface area contributed by atoms with Gasteiger partial charge in [0.25, 0.3) is 0 Å². The molecule has 0 atom stereocenters. The van der Waals surface area contributed by atoms with Crippen molar-refractivity contribution >= 4 is 22.4 Å². The molecular weight excluding hydrogens is 322 g/mol. The number of rotatable bonds is 6. The van der Waals surface area contributed by atoms with Crippen molar-refractivity contribution in [3.8, 4) is 11.3 Å². The summed E-state index contributed by atoms with van der Waals surface area (Å²) in [6, 6.07) is 10.6. The summed E-state index contributed by atoms with van der Waals surface area (Å²) in [4.78, 5) is 20.1. The van der Waals surface area contributed by atoms with Gasteiger partial charge in [0.2, 0.25) is 0 Å². The molecule has 0 amide bonds. The van der Waals surface area contributed by atoms with Crippen molar-refractivity contribution in [3.63, 3.8) is 0 Å². The first-order valence-electron chi connectivity index (χ1n) is 8.39. The van der Waals surface area contributed by atoms with E-state index in [9.17, 15) is 4.79 Å². The molecule has 1 aromatic carbocycles. The van der Waals surface area contributed by atoms with Crippen molar-refractivity contribution in [2.24, 2.45) is 0 Å². The molecule has 1 fully saturated rings. The monoisotopic (exact) mass is 345 g/mol. The van der Waals surface area contributed by atoms with E-state index in [1.54, 1.807) is 11.3 Å². The maximum absolute atomic E-state index is 11.0. The Balaban J connectivity index is 1.61. The lowest BCUT2D eigenvalue weighted by Gasteiger charge is -2.37. The Hall–Kier alpha value is -1.92. The molecule has 3 rings (SSSR count). The minimum absolute atomic E-state index is 0.135. The second-order valence-electron chi connectivity index (χ2n) is 6.06. The van der Waals surface area contributed by atoms with Gasteiger partial charge in [-0.05, 0) is 19.4 Å². The summed E-state index contributed by atoms with van der Waals surface area (Å²) in [6.45, 7) is 4.82. The van der Waals surface area contributed by atoms with Crippen LogP contribution in [0.15, 0.2) is 35.7 Å². The average molecular weight is 345 g/mol. The fraction of sp³-hybridized carbons (Fsp3) is 0.444. The first kappa shape index (κ1) is 16.9. The quantitative estimate of drug-likeness (QED) is 0.871. The Morgan fingerprint density at radius 3 is 2.67 bits per heavy atom. The number of carboxylic acid groups (broad SMARTS) is 1. The molecule has 1 N–H and O–H groups in total. The molecular formula is C18H23N3O2S. The van der Waals surface area contributed by atoms with Crippen LogP contribution in [0.25, 0.3) is 11.3 Å². The SMILES string of the molecule is CCN(CC(=O)O)C1CCN(c2nc(-c3ccccc3)cs2)CC1. The van der Waals surface area contributed by atoms with Gasteiger partial charge in [-0.3, -0.25) is 9.69 Å². The van der Waals surface area contributed by atoms with E-state index in [1.807, 2.05) is 25.1 Å². The number of thiazole rings is 1. The maximum Gasteiger partial charge on any atom is 0.317 e. The number of aliphatic carboxylic acids is 1. The number of hydrogen-bond acceptors (Lipinski definition) is 5. The second-order valence-corrected chi connectivity index (χ2v) is 6.89. The molecule has 0 bridgehead atoms. The van der Waals surface area contributed by atoms with E-state index in [1.165, 1.54) is 0 Å². The molecule has 24 heavy (non-hydrogen) atoms. The summed E-state index contributed by atoms with van der Waals surface area (Å²) < 4.78 is 0. The Kier molecular flexibility index (Phi) is 5.48. The maximum atomic E-state index is 11.0. The molecule has 1 saturated heterocycles.